The molecule has 0 saturated carbocycles. The van der Waals surface area contributed by atoms with E-state index in [1.807, 2.05) is 54.6 Å². The SMILES string of the molecule is COc1ccc2nc(-c3ccc(C(N)=S)cc3)ccc2c1. The van der Waals surface area contributed by atoms with Crippen LogP contribution >= 0.6 is 12.2 Å². The first-order chi connectivity index (χ1) is 10.2. The second-order valence-electron chi connectivity index (χ2n) is 4.70. The van der Waals surface area contributed by atoms with Gasteiger partial charge in [-0.1, -0.05) is 42.5 Å². The molecular formula is C17H14N2OS. The molecule has 1 aromatic heterocycles. The molecule has 0 spiro atoms. The van der Waals surface area contributed by atoms with Gasteiger partial charge in [-0.25, -0.2) is 4.98 Å². The lowest BCUT2D eigenvalue weighted by molar-refractivity contribution is 0.415. The lowest BCUT2D eigenvalue weighted by Gasteiger charge is -2.06. The van der Waals surface area contributed by atoms with Crippen molar-refractivity contribution in [2.24, 2.45) is 5.73 Å². The number of rotatable bonds is 3. The molecule has 1 heterocycles. The fourth-order valence-electron chi connectivity index (χ4n) is 2.20. The molecule has 0 radical (unpaired) electrons. The zero-order valence-corrected chi connectivity index (χ0v) is 12.4. The molecule has 0 aliphatic rings. The number of nitrogens with zero attached hydrogens (tertiary/aromatic N) is 1. The first-order valence-corrected chi connectivity index (χ1v) is 6.93. The van der Waals surface area contributed by atoms with Crippen LogP contribution in [0.4, 0.5) is 0 Å². The van der Waals surface area contributed by atoms with Crippen molar-refractivity contribution in [3.05, 3.63) is 60.2 Å². The van der Waals surface area contributed by atoms with Crippen LogP contribution in [0.15, 0.2) is 54.6 Å². The van der Waals surface area contributed by atoms with E-state index in [1.54, 1.807) is 7.11 Å². The maximum absolute atomic E-state index is 5.61. The minimum absolute atomic E-state index is 0.403. The highest BCUT2D eigenvalue weighted by Gasteiger charge is 2.04. The van der Waals surface area contributed by atoms with E-state index in [4.69, 9.17) is 22.7 Å². The van der Waals surface area contributed by atoms with Crippen LogP contribution in [-0.4, -0.2) is 17.1 Å². The molecule has 0 unspecified atom stereocenters. The summed E-state index contributed by atoms with van der Waals surface area (Å²) in [4.78, 5) is 5.08. The van der Waals surface area contributed by atoms with Crippen LogP contribution in [0, 0.1) is 0 Å². The van der Waals surface area contributed by atoms with Gasteiger partial charge in [-0.15, -0.1) is 0 Å². The van der Waals surface area contributed by atoms with Gasteiger partial charge in [-0.05, 0) is 24.3 Å². The van der Waals surface area contributed by atoms with Crippen LogP contribution < -0.4 is 10.5 Å². The summed E-state index contributed by atoms with van der Waals surface area (Å²) < 4.78 is 5.22. The second kappa shape index (κ2) is 5.50. The fourth-order valence-corrected chi connectivity index (χ4v) is 2.33. The van der Waals surface area contributed by atoms with Gasteiger partial charge >= 0.3 is 0 Å². The van der Waals surface area contributed by atoms with Gasteiger partial charge in [0.1, 0.15) is 10.7 Å². The first kappa shape index (κ1) is 13.5. The molecule has 0 amide bonds. The number of fused-ring (bicyclic) bond motifs is 1. The summed E-state index contributed by atoms with van der Waals surface area (Å²) in [6, 6.07) is 17.7. The lowest BCUT2D eigenvalue weighted by atomic mass is 10.1. The smallest absolute Gasteiger partial charge is 0.119 e. The van der Waals surface area contributed by atoms with Gasteiger partial charge in [-0.3, -0.25) is 0 Å². The largest absolute Gasteiger partial charge is 0.497 e. The summed E-state index contributed by atoms with van der Waals surface area (Å²) >= 11 is 4.96. The molecule has 3 nitrogen and oxygen atoms in total. The van der Waals surface area contributed by atoms with Gasteiger partial charge < -0.3 is 10.5 Å². The third-order valence-electron chi connectivity index (χ3n) is 3.36. The topological polar surface area (TPSA) is 48.1 Å². The van der Waals surface area contributed by atoms with Crippen molar-refractivity contribution < 1.29 is 4.74 Å². The summed E-state index contributed by atoms with van der Waals surface area (Å²) in [5.74, 6) is 0.831. The van der Waals surface area contributed by atoms with E-state index >= 15 is 0 Å². The molecule has 0 saturated heterocycles. The number of ether oxygens (including phenoxy) is 1. The Kier molecular flexibility index (Phi) is 3.54. The van der Waals surface area contributed by atoms with Crippen molar-refractivity contribution in [1.82, 2.24) is 4.98 Å². The van der Waals surface area contributed by atoms with E-state index in [0.717, 1.165) is 33.5 Å². The minimum Gasteiger partial charge on any atom is -0.497 e. The van der Waals surface area contributed by atoms with Crippen molar-refractivity contribution in [3.8, 4) is 17.0 Å². The van der Waals surface area contributed by atoms with Crippen molar-refractivity contribution in [1.29, 1.82) is 0 Å². The predicted octanol–water partition coefficient (Wildman–Crippen LogP) is 3.54. The Labute approximate surface area is 128 Å². The quantitative estimate of drug-likeness (QED) is 0.751. The maximum atomic E-state index is 5.61. The Bertz CT molecular complexity index is 813. The number of hydrogen-bond donors (Lipinski definition) is 1. The highest BCUT2D eigenvalue weighted by atomic mass is 32.1. The highest BCUT2D eigenvalue weighted by Crippen LogP contribution is 2.24. The number of nitrogens with two attached hydrogens (primary N) is 1. The van der Waals surface area contributed by atoms with Crippen LogP contribution in [0.5, 0.6) is 5.75 Å². The number of thiocarbonyl (C=S) groups is 1. The Hall–Kier alpha value is -2.46. The number of hydrogen-bond acceptors (Lipinski definition) is 3. The molecule has 2 N–H and O–H groups in total. The molecule has 0 aliphatic heterocycles. The average Bonchev–Trinajstić information content (AvgIpc) is 2.54. The molecule has 0 fully saturated rings. The van der Waals surface area contributed by atoms with Gasteiger partial charge in [-0.2, -0.15) is 0 Å². The third-order valence-corrected chi connectivity index (χ3v) is 3.60. The normalized spacial score (nSPS) is 10.5. The lowest BCUT2D eigenvalue weighted by Crippen LogP contribution is -2.08. The number of methoxy groups -OCH3 is 1. The Morgan fingerprint density at radius 1 is 1.05 bits per heavy atom. The highest BCUT2D eigenvalue weighted by molar-refractivity contribution is 7.80. The van der Waals surface area contributed by atoms with Crippen LogP contribution in [0.3, 0.4) is 0 Å². The monoisotopic (exact) mass is 294 g/mol. The van der Waals surface area contributed by atoms with Gasteiger partial charge in [0.2, 0.25) is 0 Å². The Morgan fingerprint density at radius 2 is 1.81 bits per heavy atom. The van der Waals surface area contributed by atoms with Crippen molar-refractivity contribution in [3.63, 3.8) is 0 Å². The zero-order valence-electron chi connectivity index (χ0n) is 11.5. The number of aromatic nitrogens is 1. The van der Waals surface area contributed by atoms with Gasteiger partial charge in [0, 0.05) is 16.5 Å². The van der Waals surface area contributed by atoms with Gasteiger partial charge in [0.15, 0.2) is 0 Å². The summed E-state index contributed by atoms with van der Waals surface area (Å²) in [7, 11) is 1.66. The second-order valence-corrected chi connectivity index (χ2v) is 5.14. The number of benzene rings is 2. The van der Waals surface area contributed by atoms with Crippen LogP contribution in [0.2, 0.25) is 0 Å². The van der Waals surface area contributed by atoms with E-state index < -0.39 is 0 Å². The predicted molar refractivity (Wildman–Crippen MR) is 89.6 cm³/mol. The molecule has 2 aromatic carbocycles. The summed E-state index contributed by atoms with van der Waals surface area (Å²) in [6.45, 7) is 0. The molecule has 0 bridgehead atoms. The summed E-state index contributed by atoms with van der Waals surface area (Å²) in [5, 5.41) is 1.05. The zero-order chi connectivity index (χ0) is 14.8. The fraction of sp³-hybridized carbons (Fsp3) is 0.0588. The molecule has 104 valence electrons. The van der Waals surface area contributed by atoms with E-state index in [1.165, 1.54) is 0 Å². The molecule has 3 aromatic rings. The maximum Gasteiger partial charge on any atom is 0.119 e. The molecule has 4 heteroatoms. The average molecular weight is 294 g/mol. The van der Waals surface area contributed by atoms with E-state index in [2.05, 4.69) is 4.98 Å². The molecule has 3 rings (SSSR count). The Balaban J connectivity index is 2.02. The van der Waals surface area contributed by atoms with E-state index in [0.29, 0.717) is 4.99 Å². The summed E-state index contributed by atoms with van der Waals surface area (Å²) in [6.07, 6.45) is 0. The van der Waals surface area contributed by atoms with Crippen LogP contribution in [-0.2, 0) is 0 Å². The van der Waals surface area contributed by atoms with Crippen LogP contribution in [0.25, 0.3) is 22.2 Å². The van der Waals surface area contributed by atoms with Gasteiger partial charge in [0.25, 0.3) is 0 Å². The van der Waals surface area contributed by atoms with Crippen molar-refractivity contribution >= 4 is 28.1 Å². The molecule has 0 atom stereocenters. The molecular weight excluding hydrogens is 280 g/mol. The molecule has 0 aliphatic carbocycles. The van der Waals surface area contributed by atoms with Gasteiger partial charge in [0.05, 0.1) is 18.3 Å². The molecule has 21 heavy (non-hydrogen) atoms. The Morgan fingerprint density at radius 3 is 2.48 bits per heavy atom. The van der Waals surface area contributed by atoms with Crippen LogP contribution in [0.1, 0.15) is 5.56 Å². The van der Waals surface area contributed by atoms with Crippen molar-refractivity contribution in [2.75, 3.05) is 7.11 Å². The van der Waals surface area contributed by atoms with E-state index in [-0.39, 0.29) is 0 Å². The van der Waals surface area contributed by atoms with Crippen molar-refractivity contribution in [2.45, 2.75) is 0 Å². The summed E-state index contributed by atoms with van der Waals surface area (Å²) in [5.41, 5.74) is 9.36. The third kappa shape index (κ3) is 2.71. The number of pyridine rings is 1. The standard InChI is InChI=1S/C17H14N2OS/c1-20-14-7-9-16-13(10-14)6-8-15(19-16)11-2-4-12(5-3-11)17(18)21/h2-10H,1H3,(H2,18,21). The first-order valence-electron chi connectivity index (χ1n) is 6.52. The van der Waals surface area contributed by atoms with E-state index in [9.17, 15) is 0 Å². The minimum atomic E-state index is 0.403.